The van der Waals surface area contributed by atoms with Crippen LogP contribution in [0.25, 0.3) is 0 Å². The van der Waals surface area contributed by atoms with Crippen molar-refractivity contribution in [2.75, 3.05) is 26.2 Å². The number of rotatable bonds is 7. The molecule has 2 N–H and O–H groups in total. The second-order valence-electron chi connectivity index (χ2n) is 8.04. The van der Waals surface area contributed by atoms with Crippen LogP contribution >= 0.6 is 0 Å². The Morgan fingerprint density at radius 1 is 1.15 bits per heavy atom. The minimum Gasteiger partial charge on any atom is -0.459 e. The molecule has 0 spiro atoms. The molecule has 1 saturated heterocycles. The van der Waals surface area contributed by atoms with E-state index in [1.165, 1.54) is 0 Å². The lowest BCUT2D eigenvalue weighted by molar-refractivity contribution is -0.152. The second kappa shape index (κ2) is 11.1. The van der Waals surface area contributed by atoms with Gasteiger partial charge in [0.05, 0.1) is 0 Å². The third kappa shape index (κ3) is 8.63. The van der Waals surface area contributed by atoms with E-state index in [9.17, 15) is 9.59 Å². The first-order chi connectivity index (χ1) is 12.7. The van der Waals surface area contributed by atoms with E-state index in [1.807, 2.05) is 32.6 Å². The number of hydrogen-bond acceptors (Lipinski definition) is 4. The molecule has 0 saturated carbocycles. The molecule has 1 aliphatic rings. The normalized spacial score (nSPS) is 16.4. The number of aliphatic imine (C=N–C) groups is 1. The summed E-state index contributed by atoms with van der Waals surface area (Å²) in [6.45, 7) is 13.9. The van der Waals surface area contributed by atoms with Crippen LogP contribution in [0.2, 0.25) is 0 Å². The highest BCUT2D eigenvalue weighted by atomic mass is 16.6. The SMILES string of the molecule is CCNC(=NCC(=O)OC(C)(C)C)NC1CCN(C(=O)C(CC)CC)CC1. The molecule has 0 atom stereocenters. The lowest BCUT2D eigenvalue weighted by atomic mass is 9.98. The number of nitrogens with one attached hydrogen (secondary N) is 2. The third-order valence-corrected chi connectivity index (χ3v) is 4.61. The zero-order valence-corrected chi connectivity index (χ0v) is 17.9. The van der Waals surface area contributed by atoms with Crippen molar-refractivity contribution in [2.45, 2.75) is 78.9 Å². The molecule has 0 aromatic heterocycles. The summed E-state index contributed by atoms with van der Waals surface area (Å²) in [5.74, 6) is 0.699. The van der Waals surface area contributed by atoms with E-state index in [0.717, 1.165) is 38.8 Å². The van der Waals surface area contributed by atoms with Gasteiger partial charge >= 0.3 is 5.97 Å². The Kier molecular flexibility index (Phi) is 9.60. The van der Waals surface area contributed by atoms with E-state index in [0.29, 0.717) is 12.5 Å². The predicted octanol–water partition coefficient (Wildman–Crippen LogP) is 2.31. The molecule has 0 aromatic rings. The Bertz CT molecular complexity index is 502. The number of likely N-dealkylation sites (tertiary alicyclic amines) is 1. The average Bonchev–Trinajstić information content (AvgIpc) is 2.60. The maximum atomic E-state index is 12.5. The third-order valence-electron chi connectivity index (χ3n) is 4.61. The van der Waals surface area contributed by atoms with Gasteiger partial charge in [-0.05, 0) is 53.4 Å². The first-order valence-electron chi connectivity index (χ1n) is 10.3. The van der Waals surface area contributed by atoms with Crippen molar-refractivity contribution in [1.82, 2.24) is 15.5 Å². The molecule has 0 bridgehead atoms. The van der Waals surface area contributed by atoms with Crippen molar-refractivity contribution in [2.24, 2.45) is 10.9 Å². The summed E-state index contributed by atoms with van der Waals surface area (Å²) >= 11 is 0. The smallest absolute Gasteiger partial charge is 0.328 e. The van der Waals surface area contributed by atoms with Crippen molar-refractivity contribution >= 4 is 17.8 Å². The number of esters is 1. The van der Waals surface area contributed by atoms with Crippen molar-refractivity contribution < 1.29 is 14.3 Å². The molecule has 1 amide bonds. The van der Waals surface area contributed by atoms with E-state index in [4.69, 9.17) is 4.74 Å². The Labute approximate surface area is 164 Å². The zero-order chi connectivity index (χ0) is 20.4. The Morgan fingerprint density at radius 2 is 1.74 bits per heavy atom. The molecule has 1 aliphatic heterocycles. The molecular weight excluding hydrogens is 344 g/mol. The minimum atomic E-state index is -0.507. The van der Waals surface area contributed by atoms with Crippen LogP contribution in [-0.2, 0) is 14.3 Å². The standard InChI is InChI=1S/C20H38N4O3/c1-7-15(8-2)18(26)24-12-10-16(11-13-24)23-19(21-9-3)22-14-17(25)27-20(4,5)6/h15-16H,7-14H2,1-6H3,(H2,21,22,23). The molecule has 1 heterocycles. The van der Waals surface area contributed by atoms with Gasteiger partial charge in [0.15, 0.2) is 5.96 Å². The van der Waals surface area contributed by atoms with Gasteiger partial charge in [-0.3, -0.25) is 9.59 Å². The molecule has 156 valence electrons. The second-order valence-corrected chi connectivity index (χ2v) is 8.04. The zero-order valence-electron chi connectivity index (χ0n) is 17.9. The number of nitrogens with zero attached hydrogens (tertiary/aromatic N) is 2. The molecule has 7 heteroatoms. The summed E-state index contributed by atoms with van der Waals surface area (Å²) in [7, 11) is 0. The van der Waals surface area contributed by atoms with E-state index in [1.54, 1.807) is 0 Å². The number of guanidine groups is 1. The topological polar surface area (TPSA) is 83.0 Å². The van der Waals surface area contributed by atoms with Gasteiger partial charge in [0.1, 0.15) is 12.1 Å². The van der Waals surface area contributed by atoms with Crippen molar-refractivity contribution in [3.8, 4) is 0 Å². The quantitative estimate of drug-likeness (QED) is 0.401. The largest absolute Gasteiger partial charge is 0.459 e. The highest BCUT2D eigenvalue weighted by Crippen LogP contribution is 2.17. The van der Waals surface area contributed by atoms with Gasteiger partial charge in [-0.1, -0.05) is 13.8 Å². The molecule has 0 aliphatic carbocycles. The molecule has 0 aromatic carbocycles. The van der Waals surface area contributed by atoms with Gasteiger partial charge in [-0.15, -0.1) is 0 Å². The lowest BCUT2D eigenvalue weighted by Gasteiger charge is -2.34. The lowest BCUT2D eigenvalue weighted by Crippen LogP contribution is -2.50. The van der Waals surface area contributed by atoms with Crippen LogP contribution in [0.1, 0.15) is 67.2 Å². The average molecular weight is 383 g/mol. The number of hydrogen-bond donors (Lipinski definition) is 2. The van der Waals surface area contributed by atoms with Crippen LogP contribution in [0.3, 0.4) is 0 Å². The van der Waals surface area contributed by atoms with E-state index in [2.05, 4.69) is 29.5 Å². The highest BCUT2D eigenvalue weighted by molar-refractivity contribution is 5.83. The van der Waals surface area contributed by atoms with Gasteiger partial charge in [0.2, 0.25) is 5.91 Å². The van der Waals surface area contributed by atoms with Crippen molar-refractivity contribution in [3.63, 3.8) is 0 Å². The van der Waals surface area contributed by atoms with Crippen LogP contribution in [0.4, 0.5) is 0 Å². The number of carbonyl (C=O) groups excluding carboxylic acids is 2. The minimum absolute atomic E-state index is 0.0153. The van der Waals surface area contributed by atoms with E-state index in [-0.39, 0.29) is 30.4 Å². The van der Waals surface area contributed by atoms with Gasteiger partial charge in [0.25, 0.3) is 0 Å². The van der Waals surface area contributed by atoms with Crippen molar-refractivity contribution in [1.29, 1.82) is 0 Å². The van der Waals surface area contributed by atoms with Crippen LogP contribution in [0, 0.1) is 5.92 Å². The molecule has 0 radical (unpaired) electrons. The maximum absolute atomic E-state index is 12.5. The first-order valence-corrected chi connectivity index (χ1v) is 10.3. The van der Waals surface area contributed by atoms with Crippen LogP contribution < -0.4 is 10.6 Å². The number of amides is 1. The summed E-state index contributed by atoms with van der Waals surface area (Å²) in [6, 6.07) is 0.243. The van der Waals surface area contributed by atoms with E-state index >= 15 is 0 Å². The fraction of sp³-hybridized carbons (Fsp3) is 0.850. The predicted molar refractivity (Wildman–Crippen MR) is 109 cm³/mol. The monoisotopic (exact) mass is 382 g/mol. The van der Waals surface area contributed by atoms with Crippen LogP contribution in [-0.4, -0.2) is 60.6 Å². The van der Waals surface area contributed by atoms with Gasteiger partial charge in [-0.2, -0.15) is 0 Å². The molecule has 1 rings (SSSR count). The fourth-order valence-electron chi connectivity index (χ4n) is 3.17. The summed E-state index contributed by atoms with van der Waals surface area (Å²) < 4.78 is 5.29. The molecule has 0 unspecified atom stereocenters. The molecule has 27 heavy (non-hydrogen) atoms. The Balaban J connectivity index is 2.53. The highest BCUT2D eigenvalue weighted by Gasteiger charge is 2.27. The first kappa shape index (κ1) is 23.2. The van der Waals surface area contributed by atoms with Gasteiger partial charge in [-0.25, -0.2) is 4.99 Å². The van der Waals surface area contributed by atoms with Gasteiger partial charge < -0.3 is 20.3 Å². The summed E-state index contributed by atoms with van der Waals surface area (Å²) in [4.78, 5) is 30.7. The Morgan fingerprint density at radius 3 is 2.22 bits per heavy atom. The van der Waals surface area contributed by atoms with Crippen LogP contribution in [0.15, 0.2) is 4.99 Å². The summed E-state index contributed by atoms with van der Waals surface area (Å²) in [5.41, 5.74) is -0.507. The maximum Gasteiger partial charge on any atom is 0.328 e. The molecule has 1 fully saturated rings. The summed E-state index contributed by atoms with van der Waals surface area (Å²) in [6.07, 6.45) is 3.55. The van der Waals surface area contributed by atoms with Crippen LogP contribution in [0.5, 0.6) is 0 Å². The van der Waals surface area contributed by atoms with Gasteiger partial charge in [0, 0.05) is 31.6 Å². The molecular formula is C20H38N4O3. The fourth-order valence-corrected chi connectivity index (χ4v) is 3.17. The van der Waals surface area contributed by atoms with Crippen molar-refractivity contribution in [3.05, 3.63) is 0 Å². The Hall–Kier alpha value is -1.79. The van der Waals surface area contributed by atoms with E-state index < -0.39 is 5.60 Å². The summed E-state index contributed by atoms with van der Waals surface area (Å²) in [5, 5.41) is 6.55. The molecule has 7 nitrogen and oxygen atoms in total. The number of ether oxygens (including phenoxy) is 1. The number of piperidine rings is 1. The number of carbonyl (C=O) groups is 2.